The van der Waals surface area contributed by atoms with E-state index in [9.17, 15) is 14.4 Å². The first-order valence-electron chi connectivity index (χ1n) is 12.4. The van der Waals surface area contributed by atoms with Crippen molar-refractivity contribution >= 4 is 34.7 Å². The summed E-state index contributed by atoms with van der Waals surface area (Å²) in [5, 5.41) is 7.61. The van der Waals surface area contributed by atoms with Crippen LogP contribution in [0.1, 0.15) is 61.0 Å². The smallest absolute Gasteiger partial charge is 0.261 e. The Morgan fingerprint density at radius 2 is 1.70 bits per heavy atom. The van der Waals surface area contributed by atoms with Gasteiger partial charge in [-0.3, -0.25) is 19.3 Å². The number of hydrogen-bond donors (Lipinski definition) is 2. The van der Waals surface area contributed by atoms with Crippen LogP contribution in [-0.2, 0) is 9.59 Å². The minimum Gasteiger partial charge on any atom is -0.492 e. The highest BCUT2D eigenvalue weighted by molar-refractivity contribution is 7.12. The van der Waals surface area contributed by atoms with Crippen molar-refractivity contribution < 1.29 is 19.1 Å². The molecule has 1 aromatic heterocycles. The van der Waals surface area contributed by atoms with Crippen LogP contribution in [0.2, 0.25) is 0 Å². The Balaban J connectivity index is 2.09. The fraction of sp³-hybridized carbons (Fsp3) is 0.345. The summed E-state index contributed by atoms with van der Waals surface area (Å²) in [5.41, 5.74) is 1.66. The number of anilines is 1. The molecule has 0 aliphatic heterocycles. The molecule has 0 saturated heterocycles. The summed E-state index contributed by atoms with van der Waals surface area (Å²) in [4.78, 5) is 42.3. The summed E-state index contributed by atoms with van der Waals surface area (Å²) < 4.78 is 5.85. The second-order valence-corrected chi connectivity index (χ2v) is 10.3. The van der Waals surface area contributed by atoms with Crippen molar-refractivity contribution in [1.82, 2.24) is 10.6 Å². The first-order valence-corrected chi connectivity index (χ1v) is 13.3. The Kier molecular flexibility index (Phi) is 9.47. The lowest BCUT2D eigenvalue weighted by atomic mass is 9.97. The molecule has 0 radical (unpaired) electrons. The topological polar surface area (TPSA) is 87.7 Å². The quantitative estimate of drug-likeness (QED) is 0.360. The van der Waals surface area contributed by atoms with Gasteiger partial charge in [0, 0.05) is 5.54 Å². The van der Waals surface area contributed by atoms with E-state index < -0.39 is 17.5 Å². The van der Waals surface area contributed by atoms with Crippen LogP contribution in [0.15, 0.2) is 66.0 Å². The molecule has 7 nitrogen and oxygen atoms in total. The van der Waals surface area contributed by atoms with Crippen LogP contribution >= 0.6 is 11.3 Å². The first kappa shape index (κ1) is 27.9. The maximum Gasteiger partial charge on any atom is 0.261 e. The van der Waals surface area contributed by atoms with Crippen molar-refractivity contribution in [3.05, 3.63) is 82.0 Å². The van der Waals surface area contributed by atoms with Crippen molar-refractivity contribution in [3.63, 3.8) is 0 Å². The summed E-state index contributed by atoms with van der Waals surface area (Å²) in [6, 6.07) is 17.2. The van der Waals surface area contributed by atoms with Gasteiger partial charge in [0.1, 0.15) is 11.8 Å². The maximum atomic E-state index is 13.9. The molecule has 3 rings (SSSR count). The molecule has 0 fully saturated rings. The second kappa shape index (κ2) is 12.5. The van der Waals surface area contributed by atoms with E-state index in [1.165, 1.54) is 16.2 Å². The minimum absolute atomic E-state index is 0.288. The largest absolute Gasteiger partial charge is 0.492 e. The molecule has 3 aromatic rings. The fourth-order valence-corrected chi connectivity index (χ4v) is 4.38. The van der Waals surface area contributed by atoms with Gasteiger partial charge in [0.25, 0.3) is 5.91 Å². The van der Waals surface area contributed by atoms with Gasteiger partial charge in [-0.1, -0.05) is 55.0 Å². The molecular formula is C29H35N3O4S. The first-order chi connectivity index (χ1) is 17.7. The zero-order chi connectivity index (χ0) is 27.0. The van der Waals surface area contributed by atoms with Crippen molar-refractivity contribution in [3.8, 4) is 5.75 Å². The number of nitrogens with one attached hydrogen (secondary N) is 2. The number of amides is 3. The molecule has 3 amide bonds. The number of carbonyl (C=O) groups is 3. The van der Waals surface area contributed by atoms with E-state index in [4.69, 9.17) is 4.74 Å². The van der Waals surface area contributed by atoms with E-state index in [0.717, 1.165) is 5.56 Å². The third-order valence-corrected chi connectivity index (χ3v) is 6.95. The molecular weight excluding hydrogens is 486 g/mol. The number of nitrogens with zero attached hydrogens (tertiary/aromatic N) is 1. The Hall–Kier alpha value is -3.65. The van der Waals surface area contributed by atoms with Crippen molar-refractivity contribution in [2.45, 2.75) is 52.6 Å². The minimum atomic E-state index is -0.987. The molecule has 1 atom stereocenters. The van der Waals surface area contributed by atoms with Gasteiger partial charge in [0.05, 0.1) is 23.7 Å². The zero-order valence-electron chi connectivity index (χ0n) is 22.0. The highest BCUT2D eigenvalue weighted by Gasteiger charge is 2.36. The number of ether oxygens (including phenoxy) is 1. The Bertz CT molecular complexity index is 1210. The number of rotatable bonds is 11. The van der Waals surface area contributed by atoms with E-state index in [-0.39, 0.29) is 18.4 Å². The molecule has 0 saturated carbocycles. The average Bonchev–Trinajstić information content (AvgIpc) is 3.42. The van der Waals surface area contributed by atoms with Crippen LogP contribution in [0, 0.1) is 6.92 Å². The predicted molar refractivity (Wildman–Crippen MR) is 148 cm³/mol. The molecule has 0 aliphatic rings. The number of hydrogen-bond acceptors (Lipinski definition) is 5. The van der Waals surface area contributed by atoms with Gasteiger partial charge < -0.3 is 15.4 Å². The van der Waals surface area contributed by atoms with Gasteiger partial charge in [0.2, 0.25) is 11.8 Å². The van der Waals surface area contributed by atoms with Crippen LogP contribution in [0.5, 0.6) is 5.75 Å². The van der Waals surface area contributed by atoms with Crippen molar-refractivity contribution in [2.75, 3.05) is 18.1 Å². The normalized spacial score (nSPS) is 11.9. The number of thiophene rings is 1. The van der Waals surface area contributed by atoms with Gasteiger partial charge in [0.15, 0.2) is 0 Å². The summed E-state index contributed by atoms with van der Waals surface area (Å²) in [6.45, 7) is 9.80. The number of aryl methyl sites for hydroxylation is 1. The van der Waals surface area contributed by atoms with E-state index in [2.05, 4.69) is 10.6 Å². The number of para-hydroxylation sites is 2. The molecule has 2 N–H and O–H groups in total. The lowest BCUT2D eigenvalue weighted by Gasteiger charge is -2.35. The van der Waals surface area contributed by atoms with Crippen LogP contribution in [0.3, 0.4) is 0 Å². The van der Waals surface area contributed by atoms with Crippen LogP contribution in [0.4, 0.5) is 5.69 Å². The highest BCUT2D eigenvalue weighted by Crippen LogP contribution is 2.35. The Labute approximate surface area is 222 Å². The molecule has 0 bridgehead atoms. The highest BCUT2D eigenvalue weighted by atomic mass is 32.1. The SMILES string of the molecule is CCOc1ccccc1N(C(=O)CNC(=O)c1cccs1)[C@@H](C(=O)NC(C)(C)CC)c1ccc(C)cc1. The monoisotopic (exact) mass is 521 g/mol. The Morgan fingerprint density at radius 3 is 2.32 bits per heavy atom. The molecule has 196 valence electrons. The molecule has 2 aromatic carbocycles. The van der Waals surface area contributed by atoms with E-state index in [0.29, 0.717) is 34.9 Å². The third kappa shape index (κ3) is 7.20. The summed E-state index contributed by atoms with van der Waals surface area (Å²) in [7, 11) is 0. The van der Waals surface area contributed by atoms with E-state index >= 15 is 0 Å². The van der Waals surface area contributed by atoms with Crippen LogP contribution in [0.25, 0.3) is 0 Å². The summed E-state index contributed by atoms with van der Waals surface area (Å²) in [6.07, 6.45) is 0.708. The molecule has 0 aliphatic carbocycles. The van der Waals surface area contributed by atoms with E-state index in [1.807, 2.05) is 65.0 Å². The lowest BCUT2D eigenvalue weighted by Crippen LogP contribution is -2.52. The van der Waals surface area contributed by atoms with Crippen LogP contribution < -0.4 is 20.3 Å². The van der Waals surface area contributed by atoms with E-state index in [1.54, 1.807) is 35.7 Å². The van der Waals surface area contributed by atoms with Gasteiger partial charge in [-0.05, 0) is 63.3 Å². The molecule has 0 unspecified atom stereocenters. The third-order valence-electron chi connectivity index (χ3n) is 6.08. The lowest BCUT2D eigenvalue weighted by molar-refractivity contribution is -0.127. The molecule has 0 spiro atoms. The van der Waals surface area contributed by atoms with Gasteiger partial charge >= 0.3 is 0 Å². The van der Waals surface area contributed by atoms with Gasteiger partial charge in [-0.25, -0.2) is 0 Å². The average molecular weight is 522 g/mol. The summed E-state index contributed by atoms with van der Waals surface area (Å²) >= 11 is 1.29. The zero-order valence-corrected chi connectivity index (χ0v) is 22.9. The van der Waals surface area contributed by atoms with Gasteiger partial charge in [-0.15, -0.1) is 11.3 Å². The maximum absolute atomic E-state index is 13.9. The number of benzene rings is 2. The van der Waals surface area contributed by atoms with Crippen molar-refractivity contribution in [2.24, 2.45) is 0 Å². The fourth-order valence-electron chi connectivity index (χ4n) is 3.74. The molecule has 37 heavy (non-hydrogen) atoms. The number of carbonyl (C=O) groups excluding carboxylic acids is 3. The molecule has 1 heterocycles. The van der Waals surface area contributed by atoms with Crippen LogP contribution in [-0.4, -0.2) is 36.4 Å². The second-order valence-electron chi connectivity index (χ2n) is 9.36. The van der Waals surface area contributed by atoms with Crippen molar-refractivity contribution in [1.29, 1.82) is 0 Å². The predicted octanol–water partition coefficient (Wildman–Crippen LogP) is 5.26. The molecule has 8 heteroatoms. The Morgan fingerprint density at radius 1 is 1.00 bits per heavy atom. The summed E-state index contributed by atoms with van der Waals surface area (Å²) in [5.74, 6) is -0.625. The standard InChI is InChI=1S/C29H35N3O4S/c1-6-29(4,5)31-28(35)26(21-16-14-20(3)15-17-21)32(22-11-8-9-12-23(22)36-7-2)25(33)19-30-27(34)24-13-10-18-37-24/h8-18,26H,6-7,19H2,1-5H3,(H,30,34)(H,31,35)/t26-/m1/s1. The van der Waals surface area contributed by atoms with Gasteiger partial charge in [-0.2, -0.15) is 0 Å².